The second-order valence-electron chi connectivity index (χ2n) is 11.8. The van der Waals surface area contributed by atoms with Gasteiger partial charge in [-0.3, -0.25) is 4.98 Å². The summed E-state index contributed by atoms with van der Waals surface area (Å²) in [7, 11) is 0. The minimum atomic E-state index is 0. The number of hydrogen-bond donors (Lipinski definition) is 0. The molecule has 0 aliphatic heterocycles. The first-order chi connectivity index (χ1) is 18.2. The zero-order valence-corrected chi connectivity index (χ0v) is 26.1. The Hall–Kier alpha value is -3.07. The molecule has 0 spiro atoms. The van der Waals surface area contributed by atoms with Crippen LogP contribution in [0.3, 0.4) is 0 Å². The van der Waals surface area contributed by atoms with Crippen LogP contribution < -0.4 is 0 Å². The van der Waals surface area contributed by atoms with Crippen molar-refractivity contribution in [2.45, 2.75) is 71.3 Å². The smallest absolute Gasteiger partial charge is 0.0774 e. The molecule has 0 amide bonds. The number of aromatic nitrogens is 3. The summed E-state index contributed by atoms with van der Waals surface area (Å²) in [5.74, 6) is 1.02. The molecule has 0 bridgehead atoms. The van der Waals surface area contributed by atoms with E-state index in [2.05, 4.69) is 87.5 Å². The van der Waals surface area contributed by atoms with Gasteiger partial charge in [0, 0.05) is 32.3 Å². The molecular weight excluding hydrogens is 655 g/mol. The number of pyridine rings is 1. The fourth-order valence-electron chi connectivity index (χ4n) is 5.48. The van der Waals surface area contributed by atoms with Gasteiger partial charge >= 0.3 is 0 Å². The van der Waals surface area contributed by atoms with E-state index in [1.54, 1.807) is 6.20 Å². The zero-order valence-electron chi connectivity index (χ0n) is 23.7. The monoisotopic (exact) mass is 692 g/mol. The third-order valence-corrected chi connectivity index (χ3v) is 7.78. The third kappa shape index (κ3) is 5.93. The van der Waals surface area contributed by atoms with Crippen molar-refractivity contribution in [3.05, 3.63) is 108 Å². The molecule has 2 aromatic heterocycles. The number of fused-ring (bicyclic) bond motifs is 2. The molecule has 0 unspecified atom stereocenters. The minimum Gasteiger partial charge on any atom is -0.362 e. The molecule has 0 saturated heterocycles. The summed E-state index contributed by atoms with van der Waals surface area (Å²) >= 11 is 0. The van der Waals surface area contributed by atoms with Gasteiger partial charge in [-0.05, 0) is 72.5 Å². The molecule has 2 heterocycles. The normalized spacial score (nSPS) is 15.2. The van der Waals surface area contributed by atoms with Gasteiger partial charge < -0.3 is 9.55 Å². The molecule has 3 aromatic carbocycles. The van der Waals surface area contributed by atoms with E-state index >= 15 is 0 Å². The van der Waals surface area contributed by atoms with Gasteiger partial charge in [0.1, 0.15) is 0 Å². The van der Waals surface area contributed by atoms with Crippen molar-refractivity contribution in [3.63, 3.8) is 0 Å². The van der Waals surface area contributed by atoms with Crippen molar-refractivity contribution < 1.29 is 20.1 Å². The maximum absolute atomic E-state index is 5.06. The maximum Gasteiger partial charge on any atom is 0.0774 e. The molecule has 4 heteroatoms. The molecule has 0 saturated carbocycles. The number of imidazole rings is 1. The molecule has 3 nitrogen and oxygen atoms in total. The molecule has 1 aliphatic rings. The standard InChI is InChI=1S/C24H29N2.C11H8N.Ir/c1-16(2)26-21-15-19-18(23(3,4)12-13-24(19,5)6)14-20(21)25-22(26)17-10-8-7-9-11-17;1-2-6-10(7-3-1)11-8-4-5-9-12-11;/h7-10,14-16H,12-13H2,1-6H3;1-6,8-9H;/q2*-1;. The predicted octanol–water partition coefficient (Wildman–Crippen LogP) is 8.98. The number of rotatable bonds is 3. The molecule has 1 aliphatic carbocycles. The summed E-state index contributed by atoms with van der Waals surface area (Å²) in [4.78, 5) is 9.28. The predicted molar refractivity (Wildman–Crippen MR) is 158 cm³/mol. The summed E-state index contributed by atoms with van der Waals surface area (Å²) in [5, 5.41) is 0. The van der Waals surface area contributed by atoms with E-state index in [1.165, 1.54) is 29.5 Å². The Kier molecular flexibility index (Phi) is 8.59. The van der Waals surface area contributed by atoms with E-state index in [9.17, 15) is 0 Å². The van der Waals surface area contributed by atoms with Crippen LogP contribution in [0.15, 0.2) is 85.1 Å². The van der Waals surface area contributed by atoms with Gasteiger partial charge in [0.05, 0.1) is 16.9 Å². The Labute approximate surface area is 247 Å². The molecule has 1 radical (unpaired) electrons. The van der Waals surface area contributed by atoms with Gasteiger partial charge in [0.2, 0.25) is 0 Å². The Morgan fingerprint density at radius 2 is 1.36 bits per heavy atom. The average Bonchev–Trinajstić information content (AvgIpc) is 3.32. The quantitative estimate of drug-likeness (QED) is 0.177. The zero-order chi connectivity index (χ0) is 26.9. The largest absolute Gasteiger partial charge is 0.362 e. The summed E-state index contributed by atoms with van der Waals surface area (Å²) in [5.41, 5.74) is 8.81. The van der Waals surface area contributed by atoms with Crippen molar-refractivity contribution in [2.24, 2.45) is 0 Å². The minimum absolute atomic E-state index is 0. The van der Waals surface area contributed by atoms with Crippen LogP contribution in [0.5, 0.6) is 0 Å². The van der Waals surface area contributed by atoms with Crippen LogP contribution in [0.2, 0.25) is 0 Å². The van der Waals surface area contributed by atoms with Gasteiger partial charge in [0.25, 0.3) is 0 Å². The summed E-state index contributed by atoms with van der Waals surface area (Å²) < 4.78 is 2.37. The van der Waals surface area contributed by atoms with Crippen LogP contribution in [-0.2, 0) is 30.9 Å². The molecule has 0 atom stereocenters. The SMILES string of the molecule is CC(C)n1c(-c2[c-]cccc2)nc2cc3c(cc21)C(C)(C)CCC3(C)C.[Ir].[c-]1ccccc1-c1ccccn1. The van der Waals surface area contributed by atoms with E-state index in [0.717, 1.165) is 28.2 Å². The molecule has 39 heavy (non-hydrogen) atoms. The third-order valence-electron chi connectivity index (χ3n) is 7.78. The van der Waals surface area contributed by atoms with Crippen molar-refractivity contribution >= 4 is 11.0 Å². The molecule has 5 aromatic rings. The first kappa shape index (κ1) is 28.9. The molecular formula is C35H37IrN3-2. The van der Waals surface area contributed by atoms with Crippen molar-refractivity contribution in [3.8, 4) is 22.6 Å². The Morgan fingerprint density at radius 1 is 0.769 bits per heavy atom. The van der Waals surface area contributed by atoms with Gasteiger partial charge in [-0.15, -0.1) is 71.8 Å². The first-order valence-corrected chi connectivity index (χ1v) is 13.6. The van der Waals surface area contributed by atoms with E-state index in [4.69, 9.17) is 4.98 Å². The van der Waals surface area contributed by atoms with Gasteiger partial charge in [-0.2, -0.15) is 0 Å². The van der Waals surface area contributed by atoms with Gasteiger partial charge in [0.15, 0.2) is 0 Å². The second kappa shape index (κ2) is 11.6. The van der Waals surface area contributed by atoms with Crippen molar-refractivity contribution in [1.29, 1.82) is 0 Å². The molecule has 0 N–H and O–H groups in total. The fourth-order valence-corrected chi connectivity index (χ4v) is 5.48. The van der Waals surface area contributed by atoms with Crippen LogP contribution in [0.4, 0.5) is 0 Å². The number of nitrogens with zero attached hydrogens (tertiary/aromatic N) is 3. The number of benzene rings is 3. The van der Waals surface area contributed by atoms with Crippen molar-refractivity contribution in [2.75, 3.05) is 0 Å². The maximum atomic E-state index is 5.06. The van der Waals surface area contributed by atoms with Crippen LogP contribution in [-0.4, -0.2) is 14.5 Å². The van der Waals surface area contributed by atoms with E-state index in [1.807, 2.05) is 54.6 Å². The number of hydrogen-bond acceptors (Lipinski definition) is 2. The van der Waals surface area contributed by atoms with Crippen LogP contribution >= 0.6 is 0 Å². The van der Waals surface area contributed by atoms with E-state index in [0.29, 0.717) is 6.04 Å². The molecule has 6 rings (SSSR count). The summed E-state index contributed by atoms with van der Waals surface area (Å²) in [6.45, 7) is 14.0. The second-order valence-corrected chi connectivity index (χ2v) is 11.8. The van der Waals surface area contributed by atoms with Crippen molar-refractivity contribution in [1.82, 2.24) is 14.5 Å². The van der Waals surface area contributed by atoms with Gasteiger partial charge in [-0.25, -0.2) is 0 Å². The molecule has 0 fully saturated rings. The fraction of sp³-hybridized carbons (Fsp3) is 0.314. The van der Waals surface area contributed by atoms with Crippen LogP contribution in [0, 0.1) is 12.1 Å². The Bertz CT molecular complexity index is 1480. The van der Waals surface area contributed by atoms with Gasteiger partial charge in [-0.1, -0.05) is 39.8 Å². The summed E-state index contributed by atoms with van der Waals surface area (Å²) in [6, 6.07) is 33.5. The average molecular weight is 692 g/mol. The van der Waals surface area contributed by atoms with E-state index < -0.39 is 0 Å². The first-order valence-electron chi connectivity index (χ1n) is 13.6. The molecule has 203 valence electrons. The van der Waals surface area contributed by atoms with Crippen LogP contribution in [0.25, 0.3) is 33.7 Å². The Morgan fingerprint density at radius 3 is 1.90 bits per heavy atom. The topological polar surface area (TPSA) is 30.7 Å². The Balaban J connectivity index is 0.000000228. The van der Waals surface area contributed by atoms with E-state index in [-0.39, 0.29) is 30.9 Å². The van der Waals surface area contributed by atoms with Crippen LogP contribution in [0.1, 0.15) is 71.6 Å². The summed E-state index contributed by atoms with van der Waals surface area (Å²) in [6.07, 6.45) is 4.24.